The third kappa shape index (κ3) is 4.94. The van der Waals surface area contributed by atoms with E-state index in [0.717, 1.165) is 4.90 Å². The predicted octanol–water partition coefficient (Wildman–Crippen LogP) is 0.0636. The molecule has 1 fully saturated rings. The molecular formula is C18H22N4O9S2. The number of phenols is 1. The zero-order valence-corrected chi connectivity index (χ0v) is 19.1. The number of hydrogen-bond acceptors (Lipinski definition) is 10. The smallest absolute Gasteiger partial charge is 0.506 e. The van der Waals surface area contributed by atoms with Gasteiger partial charge in [0.2, 0.25) is 21.8 Å². The molecule has 1 aromatic rings. The van der Waals surface area contributed by atoms with Crippen molar-refractivity contribution in [3.63, 3.8) is 0 Å². The SMILES string of the molecule is CCS(=O)(=O)Nc1cc(C(N)C(=O)N[C@@H]2C(=O)N3C(OC(=O)O)=C(OC)CS[C@@H]23)ccc1O. The summed E-state index contributed by atoms with van der Waals surface area (Å²) in [5.41, 5.74) is 6.05. The van der Waals surface area contributed by atoms with Gasteiger partial charge in [0.25, 0.3) is 5.91 Å². The number of β-lactam (4-membered cyclic amide) rings is 1. The van der Waals surface area contributed by atoms with Crippen LogP contribution >= 0.6 is 11.8 Å². The number of amides is 2. The van der Waals surface area contributed by atoms with Gasteiger partial charge in [-0.25, -0.2) is 13.2 Å². The van der Waals surface area contributed by atoms with E-state index in [2.05, 4.69) is 14.8 Å². The van der Waals surface area contributed by atoms with E-state index in [1.807, 2.05) is 0 Å². The first kappa shape index (κ1) is 24.5. The highest BCUT2D eigenvalue weighted by Crippen LogP contribution is 2.41. The summed E-state index contributed by atoms with van der Waals surface area (Å²) in [5, 5.41) is 20.7. The summed E-state index contributed by atoms with van der Waals surface area (Å²) in [4.78, 5) is 37.4. The molecule has 1 saturated heterocycles. The van der Waals surface area contributed by atoms with Gasteiger partial charge in [-0.1, -0.05) is 6.07 Å². The number of rotatable bonds is 8. The van der Waals surface area contributed by atoms with Gasteiger partial charge in [0.1, 0.15) is 23.2 Å². The first-order valence-corrected chi connectivity index (χ1v) is 12.2. The van der Waals surface area contributed by atoms with E-state index in [9.17, 15) is 27.9 Å². The van der Waals surface area contributed by atoms with Gasteiger partial charge < -0.3 is 30.7 Å². The van der Waals surface area contributed by atoms with Crippen LogP contribution in [0.4, 0.5) is 10.5 Å². The molecule has 1 aromatic carbocycles. The van der Waals surface area contributed by atoms with Gasteiger partial charge in [-0.05, 0) is 24.6 Å². The molecule has 0 bridgehead atoms. The topological polar surface area (TPSA) is 198 Å². The minimum Gasteiger partial charge on any atom is -0.506 e. The van der Waals surface area contributed by atoms with Crippen molar-refractivity contribution >= 4 is 45.4 Å². The van der Waals surface area contributed by atoms with Crippen LogP contribution in [-0.4, -0.2) is 71.5 Å². The Hall–Kier alpha value is -3.17. The lowest BCUT2D eigenvalue weighted by atomic mass is 10.0. The number of nitrogens with zero attached hydrogens (tertiary/aromatic N) is 1. The van der Waals surface area contributed by atoms with Gasteiger partial charge in [-0.3, -0.25) is 19.2 Å². The molecule has 3 rings (SSSR count). The van der Waals surface area contributed by atoms with Crippen molar-refractivity contribution in [1.82, 2.24) is 10.2 Å². The third-order valence-electron chi connectivity index (χ3n) is 4.92. The van der Waals surface area contributed by atoms with Gasteiger partial charge in [0.05, 0.1) is 24.3 Å². The van der Waals surface area contributed by atoms with Crippen molar-refractivity contribution in [3.05, 3.63) is 35.4 Å². The Labute approximate surface area is 192 Å². The summed E-state index contributed by atoms with van der Waals surface area (Å²) < 4.78 is 35.6. The summed E-state index contributed by atoms with van der Waals surface area (Å²) >= 11 is 1.24. The number of thioether (sulfide) groups is 1. The molecule has 33 heavy (non-hydrogen) atoms. The Kier molecular flexibility index (Phi) is 6.94. The summed E-state index contributed by atoms with van der Waals surface area (Å²) in [5.74, 6) is -1.79. The minimum absolute atomic E-state index is 0.140. The fourth-order valence-electron chi connectivity index (χ4n) is 3.14. The molecule has 2 amide bonds. The highest BCUT2D eigenvalue weighted by atomic mass is 32.2. The number of fused-ring (bicyclic) bond motifs is 1. The second kappa shape index (κ2) is 9.36. The summed E-state index contributed by atoms with van der Waals surface area (Å²) in [7, 11) is -2.37. The predicted molar refractivity (Wildman–Crippen MR) is 116 cm³/mol. The molecule has 0 radical (unpaired) electrons. The number of carbonyl (C=O) groups excluding carboxylic acids is 2. The minimum atomic E-state index is -3.69. The van der Waals surface area contributed by atoms with Crippen LogP contribution < -0.4 is 15.8 Å². The second-order valence-electron chi connectivity index (χ2n) is 6.96. The van der Waals surface area contributed by atoms with Crippen LogP contribution in [-0.2, 0) is 29.1 Å². The fraction of sp³-hybridized carbons (Fsp3) is 0.389. The molecule has 6 N–H and O–H groups in total. The average Bonchev–Trinajstić information content (AvgIpc) is 2.77. The molecular weight excluding hydrogens is 480 g/mol. The van der Waals surface area contributed by atoms with Crippen LogP contribution in [0.3, 0.4) is 0 Å². The van der Waals surface area contributed by atoms with Crippen molar-refractivity contribution in [3.8, 4) is 5.75 Å². The number of sulfonamides is 1. The van der Waals surface area contributed by atoms with Crippen LogP contribution in [0.5, 0.6) is 5.75 Å². The normalized spacial score (nSPS) is 20.9. The standard InChI is InChI=1S/C18H22N4O9S2/c1-3-33(28,29)21-9-6-8(4-5-10(9)23)12(19)14(24)20-13-15(25)22-16(31-18(26)27)11(30-2)7-32-17(13)22/h4-6,12-13,17,21,23H,3,7,19H2,1-2H3,(H,20,24)(H,26,27)/t12?,13-,17+/m1/s1. The highest BCUT2D eigenvalue weighted by Gasteiger charge is 2.54. The molecule has 3 atom stereocenters. The Bertz CT molecular complexity index is 1120. The molecule has 0 aliphatic carbocycles. The average molecular weight is 503 g/mol. The first-order valence-electron chi connectivity index (χ1n) is 9.51. The molecule has 2 aliphatic heterocycles. The van der Waals surface area contributed by atoms with Gasteiger partial charge in [0.15, 0.2) is 5.76 Å². The number of nitrogens with one attached hydrogen (secondary N) is 2. The molecule has 0 saturated carbocycles. The van der Waals surface area contributed by atoms with Crippen molar-refractivity contribution in [2.24, 2.45) is 5.73 Å². The van der Waals surface area contributed by atoms with Crippen molar-refractivity contribution in [2.75, 3.05) is 23.3 Å². The van der Waals surface area contributed by atoms with Crippen LogP contribution in [0, 0.1) is 0 Å². The Balaban J connectivity index is 1.73. The zero-order valence-electron chi connectivity index (χ0n) is 17.5. The molecule has 13 nitrogen and oxygen atoms in total. The van der Waals surface area contributed by atoms with E-state index < -0.39 is 45.5 Å². The van der Waals surface area contributed by atoms with E-state index in [1.165, 1.54) is 44.0 Å². The van der Waals surface area contributed by atoms with Gasteiger partial charge in [-0.15, -0.1) is 11.8 Å². The number of anilines is 1. The van der Waals surface area contributed by atoms with Gasteiger partial charge in [0, 0.05) is 0 Å². The number of carbonyl (C=O) groups is 3. The quantitative estimate of drug-likeness (QED) is 0.183. The molecule has 2 heterocycles. The largest absolute Gasteiger partial charge is 0.512 e. The Morgan fingerprint density at radius 2 is 2.09 bits per heavy atom. The van der Waals surface area contributed by atoms with E-state index in [-0.39, 0.29) is 40.1 Å². The molecule has 0 aromatic heterocycles. The molecule has 0 spiro atoms. The third-order valence-corrected chi connectivity index (χ3v) is 7.47. The number of hydrogen-bond donors (Lipinski definition) is 5. The zero-order chi connectivity index (χ0) is 24.5. The Morgan fingerprint density at radius 1 is 1.39 bits per heavy atom. The van der Waals surface area contributed by atoms with Gasteiger partial charge in [-0.2, -0.15) is 0 Å². The van der Waals surface area contributed by atoms with Gasteiger partial charge >= 0.3 is 6.16 Å². The highest BCUT2D eigenvalue weighted by molar-refractivity contribution is 8.00. The number of nitrogens with two attached hydrogens (primary N) is 1. The summed E-state index contributed by atoms with van der Waals surface area (Å²) in [6.45, 7) is 1.42. The molecule has 1 unspecified atom stereocenters. The molecule has 2 aliphatic rings. The summed E-state index contributed by atoms with van der Waals surface area (Å²) in [6.07, 6.45) is -1.62. The molecule has 15 heteroatoms. The van der Waals surface area contributed by atoms with Crippen LogP contribution in [0.2, 0.25) is 0 Å². The number of methoxy groups -OCH3 is 1. The van der Waals surface area contributed by atoms with Crippen molar-refractivity contribution < 1.29 is 42.5 Å². The second-order valence-corrected chi connectivity index (χ2v) is 10.1. The number of ether oxygens (including phenoxy) is 2. The van der Waals surface area contributed by atoms with E-state index >= 15 is 0 Å². The maximum atomic E-state index is 12.7. The number of benzene rings is 1. The Morgan fingerprint density at radius 3 is 2.70 bits per heavy atom. The lowest BCUT2D eigenvalue weighted by Gasteiger charge is -2.48. The summed E-state index contributed by atoms with van der Waals surface area (Å²) in [6, 6.07) is 1.49. The van der Waals surface area contributed by atoms with Crippen LogP contribution in [0.25, 0.3) is 0 Å². The monoisotopic (exact) mass is 502 g/mol. The lowest BCUT2D eigenvalue weighted by molar-refractivity contribution is -0.149. The fourth-order valence-corrected chi connectivity index (χ4v) is 5.07. The number of aromatic hydroxyl groups is 1. The lowest BCUT2D eigenvalue weighted by Crippen LogP contribution is -2.70. The van der Waals surface area contributed by atoms with Crippen LogP contribution in [0.15, 0.2) is 29.8 Å². The van der Waals surface area contributed by atoms with E-state index in [0.29, 0.717) is 0 Å². The van der Waals surface area contributed by atoms with E-state index in [1.54, 1.807) is 0 Å². The number of phenolic OH excluding ortho intramolecular Hbond substituents is 1. The number of carboxylic acid groups (broad SMARTS) is 1. The van der Waals surface area contributed by atoms with Crippen LogP contribution in [0.1, 0.15) is 18.5 Å². The maximum absolute atomic E-state index is 12.7. The molecule has 180 valence electrons. The van der Waals surface area contributed by atoms with E-state index in [4.69, 9.17) is 15.6 Å². The maximum Gasteiger partial charge on any atom is 0.512 e. The van der Waals surface area contributed by atoms with Crippen molar-refractivity contribution in [2.45, 2.75) is 24.4 Å². The van der Waals surface area contributed by atoms with Crippen molar-refractivity contribution in [1.29, 1.82) is 0 Å². The first-order chi connectivity index (χ1) is 15.5.